The average Bonchev–Trinajstić information content (AvgIpc) is 3.39. The van der Waals surface area contributed by atoms with Gasteiger partial charge in [0.15, 0.2) is 0 Å². The molecule has 0 bridgehead atoms. The molecule has 0 saturated carbocycles. The summed E-state index contributed by atoms with van der Waals surface area (Å²) >= 11 is 12.0. The van der Waals surface area contributed by atoms with Gasteiger partial charge in [-0.15, -0.1) is 0 Å². The molecular formula is C29H20Cl2F3N3O2. The van der Waals surface area contributed by atoms with Crippen LogP contribution in [0.4, 0.5) is 13.2 Å². The van der Waals surface area contributed by atoms with Crippen molar-refractivity contribution >= 4 is 34.8 Å². The second-order valence-electron chi connectivity index (χ2n) is 8.92. The highest BCUT2D eigenvalue weighted by Crippen LogP contribution is 2.50. The molecule has 10 heteroatoms. The molecule has 1 atom stereocenters. The van der Waals surface area contributed by atoms with Crippen molar-refractivity contribution in [3.05, 3.63) is 124 Å². The monoisotopic (exact) mass is 569 g/mol. The smallest absolute Gasteiger partial charge is 0.374 e. The molecule has 5 nitrogen and oxygen atoms in total. The standard InChI is InChI=1S/C29H20Cl2F3N3O2/c30-21-13-20(14-22(31)15-21)28(29(32,33)34)16-26(37-39-28)19-9-10-24(25(12-19)18-6-2-1-3-7-18)27(38)36-17-23-8-4-5-11-35-23/h1-15H,16-17H2,(H,36,38). The number of aromatic nitrogens is 1. The molecule has 3 aromatic carbocycles. The van der Waals surface area contributed by atoms with Crippen LogP contribution in [0.25, 0.3) is 11.1 Å². The lowest BCUT2D eigenvalue weighted by molar-refractivity contribution is -0.275. The number of amides is 1. The van der Waals surface area contributed by atoms with Crippen molar-refractivity contribution in [1.29, 1.82) is 0 Å². The summed E-state index contributed by atoms with van der Waals surface area (Å²) < 4.78 is 43.4. The predicted octanol–water partition coefficient (Wildman–Crippen LogP) is 7.57. The summed E-state index contributed by atoms with van der Waals surface area (Å²) in [6.07, 6.45) is -3.79. The number of benzene rings is 3. The zero-order chi connectivity index (χ0) is 27.6. The maximum Gasteiger partial charge on any atom is 0.435 e. The summed E-state index contributed by atoms with van der Waals surface area (Å²) in [5.74, 6) is -0.353. The lowest BCUT2D eigenvalue weighted by Crippen LogP contribution is -2.42. The first-order valence-electron chi connectivity index (χ1n) is 11.8. The topological polar surface area (TPSA) is 63.6 Å². The molecule has 5 rings (SSSR count). The van der Waals surface area contributed by atoms with Gasteiger partial charge in [0, 0.05) is 39.4 Å². The minimum absolute atomic E-state index is 0.0469. The number of carbonyl (C=O) groups excluding carboxylic acids is 1. The number of rotatable bonds is 6. The van der Waals surface area contributed by atoms with E-state index >= 15 is 0 Å². The second-order valence-corrected chi connectivity index (χ2v) is 9.79. The highest BCUT2D eigenvalue weighted by atomic mass is 35.5. The van der Waals surface area contributed by atoms with Gasteiger partial charge in [-0.1, -0.05) is 70.8 Å². The third-order valence-corrected chi connectivity index (χ3v) is 6.79. The third-order valence-electron chi connectivity index (χ3n) is 6.35. The molecule has 198 valence electrons. The highest BCUT2D eigenvalue weighted by molar-refractivity contribution is 6.34. The Morgan fingerprint density at radius 3 is 2.31 bits per heavy atom. The lowest BCUT2D eigenvalue weighted by atomic mass is 9.85. The molecule has 1 aliphatic rings. The van der Waals surface area contributed by atoms with E-state index in [1.54, 1.807) is 36.5 Å². The van der Waals surface area contributed by atoms with Crippen LogP contribution in [0.5, 0.6) is 0 Å². The summed E-state index contributed by atoms with van der Waals surface area (Å²) in [7, 11) is 0. The van der Waals surface area contributed by atoms with Gasteiger partial charge in [-0.3, -0.25) is 9.78 Å². The molecule has 1 aliphatic heterocycles. The first-order chi connectivity index (χ1) is 18.7. The van der Waals surface area contributed by atoms with Gasteiger partial charge >= 0.3 is 6.18 Å². The van der Waals surface area contributed by atoms with E-state index in [1.807, 2.05) is 36.4 Å². The highest BCUT2D eigenvalue weighted by Gasteiger charge is 2.62. The number of nitrogens with zero attached hydrogens (tertiary/aromatic N) is 2. The van der Waals surface area contributed by atoms with E-state index in [9.17, 15) is 18.0 Å². The van der Waals surface area contributed by atoms with Crippen LogP contribution < -0.4 is 5.32 Å². The van der Waals surface area contributed by atoms with Crippen LogP contribution in [-0.4, -0.2) is 22.8 Å². The number of oxime groups is 1. The van der Waals surface area contributed by atoms with Crippen molar-refractivity contribution in [1.82, 2.24) is 10.3 Å². The molecule has 0 spiro atoms. The first-order valence-corrected chi connectivity index (χ1v) is 12.6. The molecule has 1 aromatic heterocycles. The summed E-state index contributed by atoms with van der Waals surface area (Å²) in [5, 5.41) is 6.79. The zero-order valence-corrected chi connectivity index (χ0v) is 21.7. The van der Waals surface area contributed by atoms with Gasteiger partial charge in [0.05, 0.1) is 18.0 Å². The Bertz CT molecular complexity index is 1530. The molecule has 1 amide bonds. The van der Waals surface area contributed by atoms with Gasteiger partial charge in [-0.05, 0) is 53.6 Å². The zero-order valence-electron chi connectivity index (χ0n) is 20.2. The quantitative estimate of drug-likeness (QED) is 0.260. The number of pyridine rings is 1. The molecule has 0 aliphatic carbocycles. The van der Waals surface area contributed by atoms with Gasteiger partial charge in [0.2, 0.25) is 0 Å². The van der Waals surface area contributed by atoms with Gasteiger partial charge in [-0.25, -0.2) is 0 Å². The van der Waals surface area contributed by atoms with Crippen molar-refractivity contribution < 1.29 is 22.8 Å². The van der Waals surface area contributed by atoms with Gasteiger partial charge in [0.25, 0.3) is 11.5 Å². The summed E-state index contributed by atoms with van der Waals surface area (Å²) in [4.78, 5) is 22.5. The molecule has 39 heavy (non-hydrogen) atoms. The maximum atomic E-state index is 14.5. The molecule has 1 unspecified atom stereocenters. The predicted molar refractivity (Wildman–Crippen MR) is 144 cm³/mol. The fourth-order valence-corrected chi connectivity index (χ4v) is 4.92. The van der Waals surface area contributed by atoms with Crippen LogP contribution in [0.3, 0.4) is 0 Å². The maximum absolute atomic E-state index is 14.5. The largest absolute Gasteiger partial charge is 0.435 e. The number of nitrogens with one attached hydrogen (secondary N) is 1. The first kappa shape index (κ1) is 26.7. The Kier molecular flexibility index (Phi) is 7.34. The van der Waals surface area contributed by atoms with Gasteiger partial charge in [0.1, 0.15) is 0 Å². The average molecular weight is 570 g/mol. The Hall–Kier alpha value is -3.88. The van der Waals surface area contributed by atoms with Gasteiger partial charge in [-0.2, -0.15) is 13.2 Å². The Morgan fingerprint density at radius 1 is 0.923 bits per heavy atom. The van der Waals surface area contributed by atoms with E-state index in [4.69, 9.17) is 28.0 Å². The van der Waals surface area contributed by atoms with Crippen LogP contribution >= 0.6 is 23.2 Å². The van der Waals surface area contributed by atoms with Crippen LogP contribution in [-0.2, 0) is 17.0 Å². The summed E-state index contributed by atoms with van der Waals surface area (Å²) in [6.45, 7) is 0.215. The van der Waals surface area contributed by atoms with E-state index in [1.165, 1.54) is 18.2 Å². The van der Waals surface area contributed by atoms with Crippen molar-refractivity contribution in [2.75, 3.05) is 0 Å². The fraction of sp³-hybridized carbons (Fsp3) is 0.138. The molecule has 2 heterocycles. The van der Waals surface area contributed by atoms with Crippen molar-refractivity contribution in [3.63, 3.8) is 0 Å². The molecule has 0 fully saturated rings. The van der Waals surface area contributed by atoms with E-state index in [0.717, 1.165) is 0 Å². The van der Waals surface area contributed by atoms with E-state index in [0.29, 0.717) is 27.9 Å². The van der Waals surface area contributed by atoms with Crippen LogP contribution in [0.1, 0.15) is 33.6 Å². The van der Waals surface area contributed by atoms with Crippen LogP contribution in [0, 0.1) is 0 Å². The minimum Gasteiger partial charge on any atom is -0.374 e. The second kappa shape index (κ2) is 10.7. The molecule has 0 saturated heterocycles. The molecule has 4 aromatic rings. The number of carbonyl (C=O) groups is 1. The van der Waals surface area contributed by atoms with E-state index < -0.39 is 18.2 Å². The summed E-state index contributed by atoms with van der Waals surface area (Å²) in [6, 6.07) is 22.9. The number of halogens is 5. The van der Waals surface area contributed by atoms with Crippen LogP contribution in [0.2, 0.25) is 10.0 Å². The fourth-order valence-electron chi connectivity index (χ4n) is 4.39. The van der Waals surface area contributed by atoms with Crippen molar-refractivity contribution in [2.24, 2.45) is 5.16 Å². The number of hydrogen-bond acceptors (Lipinski definition) is 4. The normalized spacial score (nSPS) is 16.9. The van der Waals surface area contributed by atoms with Gasteiger partial charge < -0.3 is 10.2 Å². The van der Waals surface area contributed by atoms with Crippen molar-refractivity contribution in [3.8, 4) is 11.1 Å². The van der Waals surface area contributed by atoms with E-state index in [2.05, 4.69) is 15.5 Å². The van der Waals surface area contributed by atoms with E-state index in [-0.39, 0.29) is 33.8 Å². The minimum atomic E-state index is -4.82. The number of alkyl halides is 3. The Morgan fingerprint density at radius 2 is 1.64 bits per heavy atom. The molecule has 0 radical (unpaired) electrons. The lowest BCUT2D eigenvalue weighted by Gasteiger charge is -2.29. The molecular weight excluding hydrogens is 550 g/mol. The SMILES string of the molecule is O=C(NCc1ccccn1)c1ccc(C2=NOC(c3cc(Cl)cc(Cl)c3)(C(F)(F)F)C2)cc1-c1ccccc1. The van der Waals surface area contributed by atoms with Crippen molar-refractivity contribution in [2.45, 2.75) is 24.7 Å². The van der Waals surface area contributed by atoms with Crippen LogP contribution in [0.15, 0.2) is 96.3 Å². The Labute approximate surface area is 232 Å². The number of hydrogen-bond donors (Lipinski definition) is 1. The summed E-state index contributed by atoms with van der Waals surface area (Å²) in [5.41, 5.74) is -0.275. The third kappa shape index (κ3) is 5.48. The molecule has 1 N–H and O–H groups in total. The Balaban J connectivity index is 1.50.